The number of hydrogen-bond acceptors (Lipinski definition) is 2. The van der Waals surface area contributed by atoms with Crippen LogP contribution in [0, 0.1) is 0 Å². The molecule has 1 radical (unpaired) electrons. The van der Waals surface area contributed by atoms with E-state index in [9.17, 15) is 5.11 Å². The van der Waals surface area contributed by atoms with Crippen LogP contribution in [0.3, 0.4) is 0 Å². The van der Waals surface area contributed by atoms with Crippen molar-refractivity contribution in [1.82, 2.24) is 4.98 Å². The molecule has 1 aromatic heterocycles. The van der Waals surface area contributed by atoms with Gasteiger partial charge in [-0.15, -0.1) is 0 Å². The van der Waals surface area contributed by atoms with Gasteiger partial charge in [-0.2, -0.15) is 0 Å². The quantitative estimate of drug-likeness (QED) is 0.348. The lowest BCUT2D eigenvalue weighted by Gasteiger charge is -2.11. The van der Waals surface area contributed by atoms with E-state index in [2.05, 4.69) is 0 Å². The Morgan fingerprint density at radius 2 is 1.18 bits per heavy atom. The number of benzene rings is 4. The Morgan fingerprint density at radius 1 is 0.643 bits per heavy atom. The van der Waals surface area contributed by atoms with Crippen LogP contribution < -0.4 is 0 Å². The maximum Gasteiger partial charge on any atom is 0.227 e. The van der Waals surface area contributed by atoms with Gasteiger partial charge in [0.2, 0.25) is 17.2 Å². The number of fused-ring (bicyclic) bond motifs is 1. The molecule has 3 nitrogen and oxygen atoms in total. The molecule has 28 heavy (non-hydrogen) atoms. The molecule has 0 fully saturated rings. The summed E-state index contributed by atoms with van der Waals surface area (Å²) in [4.78, 5) is 4.74. The van der Waals surface area contributed by atoms with Crippen LogP contribution in [0.2, 0.25) is 0 Å². The number of rotatable bonds is 3. The number of oxazole rings is 1. The molecule has 0 saturated carbocycles. The van der Waals surface area contributed by atoms with E-state index >= 15 is 0 Å². The Bertz CT molecular complexity index is 1240. The van der Waals surface area contributed by atoms with Crippen LogP contribution in [0.5, 0.6) is 5.75 Å². The van der Waals surface area contributed by atoms with E-state index in [1.54, 1.807) is 6.07 Å². The van der Waals surface area contributed by atoms with Gasteiger partial charge in [-0.05, 0) is 34.9 Å². The fraction of sp³-hybridized carbons (Fsp3) is 0. The fourth-order valence-corrected chi connectivity index (χ4v) is 3.50. The van der Waals surface area contributed by atoms with Crippen molar-refractivity contribution in [1.29, 1.82) is 0 Å². The first kappa shape index (κ1) is 16.3. The second kappa shape index (κ2) is 6.71. The van der Waals surface area contributed by atoms with Gasteiger partial charge < -0.3 is 4.42 Å². The monoisotopic (exact) mass is 362 g/mol. The van der Waals surface area contributed by atoms with E-state index < -0.39 is 0 Å². The first-order chi connectivity index (χ1) is 13.8. The first-order valence-electron chi connectivity index (χ1n) is 9.12. The van der Waals surface area contributed by atoms with E-state index in [4.69, 9.17) is 9.40 Å². The van der Waals surface area contributed by atoms with Gasteiger partial charge in [0, 0.05) is 11.1 Å². The number of hydrogen-bond donors (Lipinski definition) is 0. The van der Waals surface area contributed by atoms with Crippen molar-refractivity contribution >= 4 is 11.1 Å². The first-order valence-corrected chi connectivity index (χ1v) is 9.12. The van der Waals surface area contributed by atoms with Crippen molar-refractivity contribution in [3.63, 3.8) is 0 Å². The molecule has 0 atom stereocenters. The molecule has 0 aliphatic rings. The van der Waals surface area contributed by atoms with E-state index in [-0.39, 0.29) is 11.3 Å². The van der Waals surface area contributed by atoms with Crippen molar-refractivity contribution in [3.05, 3.63) is 97.1 Å². The summed E-state index contributed by atoms with van der Waals surface area (Å²) < 4.78 is 5.91. The highest BCUT2D eigenvalue weighted by atomic mass is 16.4. The summed E-state index contributed by atoms with van der Waals surface area (Å²) in [6, 6.07) is 31.2. The summed E-state index contributed by atoms with van der Waals surface area (Å²) in [7, 11) is 0. The topological polar surface area (TPSA) is 45.9 Å². The Hall–Kier alpha value is -3.85. The lowest BCUT2D eigenvalue weighted by atomic mass is 9.93. The molecule has 0 bridgehead atoms. The average Bonchev–Trinajstić information content (AvgIpc) is 3.21. The smallest absolute Gasteiger partial charge is 0.227 e. The van der Waals surface area contributed by atoms with Crippen molar-refractivity contribution < 1.29 is 9.52 Å². The molecule has 1 heterocycles. The van der Waals surface area contributed by atoms with Crippen molar-refractivity contribution in [2.24, 2.45) is 0 Å². The highest BCUT2D eigenvalue weighted by molar-refractivity contribution is 6.03. The average molecular weight is 362 g/mol. The third kappa shape index (κ3) is 2.74. The molecule has 0 aliphatic carbocycles. The molecular formula is C25H16NO2. The van der Waals surface area contributed by atoms with Gasteiger partial charge in [0.15, 0.2) is 0 Å². The predicted octanol–water partition coefficient (Wildman–Crippen LogP) is 6.97. The van der Waals surface area contributed by atoms with Gasteiger partial charge >= 0.3 is 0 Å². The molecule has 3 heteroatoms. The summed E-state index contributed by atoms with van der Waals surface area (Å²) >= 11 is 0. The van der Waals surface area contributed by atoms with E-state index in [1.807, 2.05) is 91.0 Å². The summed E-state index contributed by atoms with van der Waals surface area (Å²) in [5.41, 5.74) is 5.47. The standard InChI is InChI=1S/C25H16NO2/c27-21-16-20(17-10-4-1-5-11-17)22(18-12-6-2-7-13-18)23-24(21)28-25(26-23)19-14-8-3-9-15-19/h1-16H. The fourth-order valence-electron chi connectivity index (χ4n) is 3.50. The molecule has 0 unspecified atom stereocenters. The Morgan fingerprint density at radius 3 is 1.79 bits per heavy atom. The lowest BCUT2D eigenvalue weighted by Crippen LogP contribution is -1.88. The molecule has 4 aromatic carbocycles. The normalized spacial score (nSPS) is 11.0. The van der Waals surface area contributed by atoms with Crippen molar-refractivity contribution in [2.45, 2.75) is 0 Å². The second-order valence-electron chi connectivity index (χ2n) is 6.59. The van der Waals surface area contributed by atoms with E-state index in [1.165, 1.54) is 0 Å². The summed E-state index contributed by atoms with van der Waals surface area (Å²) in [6.07, 6.45) is 0. The Balaban J connectivity index is 1.85. The minimum Gasteiger partial charge on any atom is -0.432 e. The van der Waals surface area contributed by atoms with Crippen LogP contribution in [0.1, 0.15) is 0 Å². The second-order valence-corrected chi connectivity index (χ2v) is 6.59. The number of aromatic nitrogens is 1. The Labute approximate surface area is 162 Å². The van der Waals surface area contributed by atoms with Crippen LogP contribution in [0.25, 0.3) is 44.8 Å². The van der Waals surface area contributed by atoms with Gasteiger partial charge in [0.1, 0.15) is 5.52 Å². The van der Waals surface area contributed by atoms with E-state index in [0.29, 0.717) is 11.4 Å². The van der Waals surface area contributed by atoms with Crippen LogP contribution in [0.15, 0.2) is 101 Å². The Kier molecular flexibility index (Phi) is 3.91. The zero-order chi connectivity index (χ0) is 18.9. The van der Waals surface area contributed by atoms with Gasteiger partial charge in [-0.25, -0.2) is 4.98 Å². The minimum atomic E-state index is -0.164. The summed E-state index contributed by atoms with van der Waals surface area (Å²) in [5.74, 6) is 0.290. The molecule has 133 valence electrons. The van der Waals surface area contributed by atoms with Crippen molar-refractivity contribution in [2.75, 3.05) is 0 Å². The molecule has 5 aromatic rings. The maximum atomic E-state index is 12.9. The molecular weight excluding hydrogens is 346 g/mol. The molecule has 0 spiro atoms. The highest BCUT2D eigenvalue weighted by Gasteiger charge is 2.21. The molecule has 0 saturated heterocycles. The van der Waals surface area contributed by atoms with Gasteiger partial charge in [-0.3, -0.25) is 5.11 Å². The third-order valence-corrected chi connectivity index (χ3v) is 4.80. The zero-order valence-corrected chi connectivity index (χ0v) is 15.0. The van der Waals surface area contributed by atoms with Gasteiger partial charge in [0.05, 0.1) is 0 Å². The van der Waals surface area contributed by atoms with Crippen LogP contribution >= 0.6 is 0 Å². The van der Waals surface area contributed by atoms with Crippen LogP contribution in [0.4, 0.5) is 0 Å². The van der Waals surface area contributed by atoms with Crippen molar-refractivity contribution in [3.8, 4) is 39.5 Å². The summed E-state index contributed by atoms with van der Waals surface area (Å²) in [6.45, 7) is 0. The van der Waals surface area contributed by atoms with Gasteiger partial charge in [0.25, 0.3) is 0 Å². The van der Waals surface area contributed by atoms with E-state index in [0.717, 1.165) is 27.8 Å². The largest absolute Gasteiger partial charge is 0.432 e. The molecule has 0 amide bonds. The zero-order valence-electron chi connectivity index (χ0n) is 15.0. The SMILES string of the molecule is [O]c1cc(-c2ccccc2)c(-c2ccccc2)c2nc(-c3ccccc3)oc12. The lowest BCUT2D eigenvalue weighted by molar-refractivity contribution is 0.353. The predicted molar refractivity (Wildman–Crippen MR) is 110 cm³/mol. The minimum absolute atomic E-state index is 0.164. The van der Waals surface area contributed by atoms with Gasteiger partial charge in [-0.1, -0.05) is 78.9 Å². The third-order valence-electron chi connectivity index (χ3n) is 4.80. The molecule has 5 rings (SSSR count). The van der Waals surface area contributed by atoms with Crippen LogP contribution in [-0.4, -0.2) is 4.98 Å². The molecule has 0 N–H and O–H groups in total. The maximum absolute atomic E-state index is 12.9. The summed E-state index contributed by atoms with van der Waals surface area (Å²) in [5, 5.41) is 12.9. The van der Waals surface area contributed by atoms with Crippen LogP contribution in [-0.2, 0) is 5.11 Å². The number of nitrogens with zero attached hydrogens (tertiary/aromatic N) is 1. The molecule has 0 aliphatic heterocycles. The highest BCUT2D eigenvalue weighted by Crippen LogP contribution is 2.43.